The molecule has 21 heavy (non-hydrogen) atoms. The second kappa shape index (κ2) is 6.21. The highest BCUT2D eigenvalue weighted by atomic mass is 19.4. The van der Waals surface area contributed by atoms with Crippen molar-refractivity contribution in [1.29, 1.82) is 0 Å². The van der Waals surface area contributed by atoms with E-state index in [0.29, 0.717) is 5.82 Å². The zero-order valence-electron chi connectivity index (χ0n) is 10.7. The molecule has 0 aliphatic carbocycles. The maximum absolute atomic E-state index is 11.9. The van der Waals surface area contributed by atoms with Crippen LogP contribution >= 0.6 is 0 Å². The van der Waals surface area contributed by atoms with Crippen molar-refractivity contribution < 1.29 is 18.0 Å². The normalized spacial score (nSPS) is 11.0. The number of rotatable bonds is 3. The highest BCUT2D eigenvalue weighted by Crippen LogP contribution is 2.15. The lowest BCUT2D eigenvalue weighted by Crippen LogP contribution is -2.36. The predicted molar refractivity (Wildman–Crippen MR) is 70.5 cm³/mol. The summed E-state index contributed by atoms with van der Waals surface area (Å²) in [6, 6.07) is 8.18. The molecular formula is C13H11F3N4O. The Morgan fingerprint density at radius 2 is 1.71 bits per heavy atom. The molecule has 0 aliphatic rings. The van der Waals surface area contributed by atoms with Crippen LogP contribution in [0.5, 0.6) is 0 Å². The van der Waals surface area contributed by atoms with Gasteiger partial charge in [0.2, 0.25) is 0 Å². The molecule has 2 rings (SSSR count). The molecule has 0 radical (unpaired) electrons. The van der Waals surface area contributed by atoms with E-state index < -0.39 is 18.8 Å². The maximum atomic E-state index is 11.9. The van der Waals surface area contributed by atoms with Gasteiger partial charge in [-0.3, -0.25) is 0 Å². The molecule has 2 amide bonds. The van der Waals surface area contributed by atoms with Gasteiger partial charge in [0.05, 0.1) is 18.1 Å². The highest BCUT2D eigenvalue weighted by molar-refractivity contribution is 5.88. The van der Waals surface area contributed by atoms with Gasteiger partial charge in [-0.25, -0.2) is 14.8 Å². The maximum Gasteiger partial charge on any atom is 0.405 e. The largest absolute Gasteiger partial charge is 0.405 e. The second-order valence-corrected chi connectivity index (χ2v) is 4.08. The van der Waals surface area contributed by atoms with E-state index in [2.05, 4.69) is 15.3 Å². The Morgan fingerprint density at radius 3 is 2.29 bits per heavy atom. The summed E-state index contributed by atoms with van der Waals surface area (Å²) in [4.78, 5) is 19.3. The average molecular weight is 296 g/mol. The topological polar surface area (TPSA) is 66.9 Å². The highest BCUT2D eigenvalue weighted by Gasteiger charge is 2.27. The number of halogens is 3. The molecule has 0 saturated heterocycles. The Morgan fingerprint density at radius 1 is 1.10 bits per heavy atom. The molecule has 0 saturated carbocycles. The molecule has 5 nitrogen and oxygen atoms in total. The van der Waals surface area contributed by atoms with Crippen LogP contribution in [0.3, 0.4) is 0 Å². The van der Waals surface area contributed by atoms with E-state index in [1.165, 1.54) is 12.4 Å². The molecule has 1 aromatic carbocycles. The van der Waals surface area contributed by atoms with Crippen LogP contribution in [0.25, 0.3) is 11.4 Å². The van der Waals surface area contributed by atoms with E-state index in [-0.39, 0.29) is 5.69 Å². The van der Waals surface area contributed by atoms with Gasteiger partial charge in [-0.1, -0.05) is 30.3 Å². The molecule has 2 aromatic rings. The smallest absolute Gasteiger partial charge is 0.329 e. The van der Waals surface area contributed by atoms with Gasteiger partial charge in [0.25, 0.3) is 0 Å². The molecule has 0 spiro atoms. The number of hydrogen-bond acceptors (Lipinski definition) is 3. The second-order valence-electron chi connectivity index (χ2n) is 4.08. The van der Waals surface area contributed by atoms with E-state index in [4.69, 9.17) is 0 Å². The third-order valence-corrected chi connectivity index (χ3v) is 2.39. The summed E-state index contributed by atoms with van der Waals surface area (Å²) >= 11 is 0. The molecule has 0 atom stereocenters. The fourth-order valence-corrected chi connectivity index (χ4v) is 1.48. The molecule has 110 valence electrons. The zero-order chi connectivity index (χ0) is 15.3. The van der Waals surface area contributed by atoms with Gasteiger partial charge in [-0.05, 0) is 0 Å². The quantitative estimate of drug-likeness (QED) is 0.915. The van der Waals surface area contributed by atoms with Crippen molar-refractivity contribution in [3.8, 4) is 11.4 Å². The summed E-state index contributed by atoms with van der Waals surface area (Å²) in [7, 11) is 0. The summed E-state index contributed by atoms with van der Waals surface area (Å²) in [6.07, 6.45) is -1.81. The number of carbonyl (C=O) groups is 1. The van der Waals surface area contributed by atoms with Crippen molar-refractivity contribution in [2.45, 2.75) is 6.18 Å². The minimum atomic E-state index is -4.45. The number of carbonyl (C=O) groups excluding carboxylic acids is 1. The van der Waals surface area contributed by atoms with Crippen LogP contribution in [-0.2, 0) is 0 Å². The standard InChI is InChI=1S/C13H11F3N4O/c14-13(15,16)8-19-12(21)20-10-6-17-11(18-7-10)9-4-2-1-3-5-9/h1-7H,8H2,(H2,19,20,21). The van der Waals surface area contributed by atoms with Crippen LogP contribution in [-0.4, -0.2) is 28.7 Å². The van der Waals surface area contributed by atoms with Crippen molar-refractivity contribution in [3.05, 3.63) is 42.7 Å². The van der Waals surface area contributed by atoms with Gasteiger partial charge in [0.15, 0.2) is 5.82 Å². The van der Waals surface area contributed by atoms with Crippen LogP contribution in [0.15, 0.2) is 42.7 Å². The summed E-state index contributed by atoms with van der Waals surface area (Å²) in [5.41, 5.74) is 1.000. The Labute approximate surface area is 118 Å². The fourth-order valence-electron chi connectivity index (χ4n) is 1.48. The Balaban J connectivity index is 1.95. The van der Waals surface area contributed by atoms with Gasteiger partial charge in [0.1, 0.15) is 6.54 Å². The number of amides is 2. The lowest BCUT2D eigenvalue weighted by Gasteiger charge is -2.09. The molecule has 1 aromatic heterocycles. The lowest BCUT2D eigenvalue weighted by atomic mass is 10.2. The first-order valence-corrected chi connectivity index (χ1v) is 5.93. The molecule has 8 heteroatoms. The van der Waals surface area contributed by atoms with Gasteiger partial charge in [0, 0.05) is 5.56 Å². The summed E-state index contributed by atoms with van der Waals surface area (Å²) in [6.45, 7) is -1.40. The van der Waals surface area contributed by atoms with Crippen LogP contribution in [0.2, 0.25) is 0 Å². The molecule has 2 N–H and O–H groups in total. The first kappa shape index (κ1) is 14.8. The first-order chi connectivity index (χ1) is 9.94. The summed E-state index contributed by atoms with van der Waals surface area (Å²) in [5.74, 6) is 0.455. The van der Waals surface area contributed by atoms with Gasteiger partial charge < -0.3 is 10.6 Å². The Bertz CT molecular complexity index is 599. The number of anilines is 1. The van der Waals surface area contributed by atoms with Crippen molar-refractivity contribution in [3.63, 3.8) is 0 Å². The SMILES string of the molecule is O=C(NCC(F)(F)F)Nc1cnc(-c2ccccc2)nc1. The minimum absolute atomic E-state index is 0.203. The third-order valence-electron chi connectivity index (χ3n) is 2.39. The number of nitrogens with zero attached hydrogens (tertiary/aromatic N) is 2. The van der Waals surface area contributed by atoms with E-state index >= 15 is 0 Å². The molecule has 0 aliphatic heterocycles. The lowest BCUT2D eigenvalue weighted by molar-refractivity contribution is -0.122. The van der Waals surface area contributed by atoms with Crippen LogP contribution in [0.1, 0.15) is 0 Å². The zero-order valence-corrected chi connectivity index (χ0v) is 10.7. The monoisotopic (exact) mass is 296 g/mol. The molecular weight excluding hydrogens is 285 g/mol. The van der Waals surface area contributed by atoms with E-state index in [1.54, 1.807) is 5.32 Å². The number of hydrogen-bond donors (Lipinski definition) is 2. The predicted octanol–water partition coefficient (Wildman–Crippen LogP) is 2.83. The number of alkyl halides is 3. The van der Waals surface area contributed by atoms with E-state index in [9.17, 15) is 18.0 Å². The molecule has 0 unspecified atom stereocenters. The van der Waals surface area contributed by atoms with Gasteiger partial charge in [-0.15, -0.1) is 0 Å². The van der Waals surface area contributed by atoms with Crippen LogP contribution in [0, 0.1) is 0 Å². The van der Waals surface area contributed by atoms with Gasteiger partial charge in [-0.2, -0.15) is 13.2 Å². The molecule has 0 fully saturated rings. The van der Waals surface area contributed by atoms with Crippen LogP contribution < -0.4 is 10.6 Å². The minimum Gasteiger partial charge on any atom is -0.329 e. The number of aromatic nitrogens is 2. The van der Waals surface area contributed by atoms with E-state index in [0.717, 1.165) is 5.56 Å². The number of benzene rings is 1. The third kappa shape index (κ3) is 4.75. The number of urea groups is 1. The average Bonchev–Trinajstić information content (AvgIpc) is 2.46. The first-order valence-electron chi connectivity index (χ1n) is 5.93. The van der Waals surface area contributed by atoms with Crippen molar-refractivity contribution in [2.24, 2.45) is 0 Å². The molecule has 1 heterocycles. The van der Waals surface area contributed by atoms with Crippen molar-refractivity contribution >= 4 is 11.7 Å². The Hall–Kier alpha value is -2.64. The van der Waals surface area contributed by atoms with Crippen molar-refractivity contribution in [1.82, 2.24) is 15.3 Å². The van der Waals surface area contributed by atoms with Gasteiger partial charge >= 0.3 is 12.2 Å². The Kier molecular flexibility index (Phi) is 4.36. The summed E-state index contributed by atoms with van der Waals surface area (Å²) in [5, 5.41) is 3.90. The van der Waals surface area contributed by atoms with Crippen LogP contribution in [0.4, 0.5) is 23.7 Å². The molecule has 0 bridgehead atoms. The number of nitrogens with one attached hydrogen (secondary N) is 2. The summed E-state index contributed by atoms with van der Waals surface area (Å²) < 4.78 is 35.8. The van der Waals surface area contributed by atoms with E-state index in [1.807, 2.05) is 30.3 Å². The fraction of sp³-hybridized carbons (Fsp3) is 0.154. The van der Waals surface area contributed by atoms with Crippen molar-refractivity contribution in [2.75, 3.05) is 11.9 Å².